The third kappa shape index (κ3) is 4.53. The maximum Gasteiger partial charge on any atom is 0.268 e. The van der Waals surface area contributed by atoms with E-state index in [0.717, 1.165) is 5.56 Å². The largest absolute Gasteiger partial charge is 0.321 e. The van der Waals surface area contributed by atoms with Crippen molar-refractivity contribution in [1.29, 1.82) is 5.26 Å². The van der Waals surface area contributed by atoms with Crippen LogP contribution < -0.4 is 5.32 Å². The number of aromatic nitrogens is 1. The van der Waals surface area contributed by atoms with E-state index in [2.05, 4.69) is 5.32 Å². The summed E-state index contributed by atoms with van der Waals surface area (Å²) in [5, 5.41) is 13.4. The van der Waals surface area contributed by atoms with Gasteiger partial charge in [0.25, 0.3) is 15.9 Å². The smallest absolute Gasteiger partial charge is 0.268 e. The van der Waals surface area contributed by atoms with Crippen LogP contribution in [0.5, 0.6) is 0 Å². The Labute approximate surface area is 196 Å². The molecule has 0 unspecified atom stereocenters. The SMILES string of the molecule is Cc1ccc(S(=O)(=O)n2cc(/C=C(\C#N)C(=O)Nc3ccc(Cl)cc3)c3ccccc32)cc1. The summed E-state index contributed by atoms with van der Waals surface area (Å²) in [4.78, 5) is 12.8. The zero-order valence-electron chi connectivity index (χ0n) is 17.5. The van der Waals surface area contributed by atoms with Gasteiger partial charge in [-0.3, -0.25) is 4.79 Å². The predicted octanol–water partition coefficient (Wildman–Crippen LogP) is 5.39. The number of nitrogens with one attached hydrogen (secondary N) is 1. The molecule has 0 bridgehead atoms. The molecule has 164 valence electrons. The normalized spacial score (nSPS) is 11.8. The summed E-state index contributed by atoms with van der Waals surface area (Å²) >= 11 is 5.86. The van der Waals surface area contributed by atoms with Crippen LogP contribution in [0.4, 0.5) is 5.69 Å². The lowest BCUT2D eigenvalue weighted by Crippen LogP contribution is -2.13. The third-order valence-electron chi connectivity index (χ3n) is 5.05. The van der Waals surface area contributed by atoms with E-state index in [1.807, 2.05) is 13.0 Å². The fraction of sp³-hybridized carbons (Fsp3) is 0.0400. The van der Waals surface area contributed by atoms with E-state index >= 15 is 0 Å². The first-order chi connectivity index (χ1) is 15.8. The molecule has 1 N–H and O–H groups in total. The van der Waals surface area contributed by atoms with Gasteiger partial charge in [0.1, 0.15) is 11.6 Å². The lowest BCUT2D eigenvalue weighted by Gasteiger charge is -2.07. The van der Waals surface area contributed by atoms with Gasteiger partial charge >= 0.3 is 0 Å². The van der Waals surface area contributed by atoms with Crippen LogP contribution in [0.25, 0.3) is 17.0 Å². The number of halogens is 1. The number of amides is 1. The molecule has 0 aliphatic rings. The molecule has 1 aromatic heterocycles. The Morgan fingerprint density at radius 1 is 1.03 bits per heavy atom. The maximum atomic E-state index is 13.3. The highest BCUT2D eigenvalue weighted by Gasteiger charge is 2.21. The second-order valence-corrected chi connectivity index (χ2v) is 9.60. The van der Waals surface area contributed by atoms with Gasteiger partial charge in [-0.1, -0.05) is 47.5 Å². The molecule has 8 heteroatoms. The van der Waals surface area contributed by atoms with Crippen LogP contribution >= 0.6 is 11.6 Å². The molecule has 0 radical (unpaired) electrons. The monoisotopic (exact) mass is 475 g/mol. The Morgan fingerprint density at radius 3 is 2.36 bits per heavy atom. The molecule has 3 aromatic carbocycles. The molecule has 4 rings (SSSR count). The molecular weight excluding hydrogens is 458 g/mol. The Bertz CT molecular complexity index is 1530. The van der Waals surface area contributed by atoms with Gasteiger partial charge in [-0.25, -0.2) is 12.4 Å². The summed E-state index contributed by atoms with van der Waals surface area (Å²) in [6, 6.07) is 21.9. The zero-order valence-corrected chi connectivity index (χ0v) is 19.1. The lowest BCUT2D eigenvalue weighted by molar-refractivity contribution is -0.112. The number of hydrogen-bond acceptors (Lipinski definition) is 4. The number of rotatable bonds is 5. The molecule has 0 atom stereocenters. The van der Waals surface area contributed by atoms with Gasteiger partial charge in [-0.15, -0.1) is 0 Å². The number of nitriles is 1. The minimum atomic E-state index is -3.89. The molecule has 1 heterocycles. The molecular formula is C25H18ClN3O3S. The summed E-state index contributed by atoms with van der Waals surface area (Å²) < 4.78 is 27.8. The Hall–Kier alpha value is -3.86. The van der Waals surface area contributed by atoms with Crippen LogP contribution in [0, 0.1) is 18.3 Å². The number of nitrogens with zero attached hydrogens (tertiary/aromatic N) is 2. The number of fused-ring (bicyclic) bond motifs is 1. The third-order valence-corrected chi connectivity index (χ3v) is 6.99. The summed E-state index contributed by atoms with van der Waals surface area (Å²) in [7, 11) is -3.89. The van der Waals surface area contributed by atoms with Gasteiger partial charge in [0.2, 0.25) is 0 Å². The van der Waals surface area contributed by atoms with Crippen molar-refractivity contribution in [2.45, 2.75) is 11.8 Å². The van der Waals surface area contributed by atoms with Crippen LogP contribution in [0.15, 0.2) is 89.5 Å². The molecule has 0 spiro atoms. The van der Waals surface area contributed by atoms with E-state index < -0.39 is 15.9 Å². The van der Waals surface area contributed by atoms with E-state index in [1.165, 1.54) is 16.2 Å². The minimum absolute atomic E-state index is 0.144. The van der Waals surface area contributed by atoms with E-state index in [1.54, 1.807) is 72.8 Å². The summed E-state index contributed by atoms with van der Waals surface area (Å²) in [5.74, 6) is -0.613. The Morgan fingerprint density at radius 2 is 1.70 bits per heavy atom. The van der Waals surface area contributed by atoms with Gasteiger partial charge < -0.3 is 5.32 Å². The van der Waals surface area contributed by atoms with Crippen molar-refractivity contribution >= 4 is 50.2 Å². The molecule has 6 nitrogen and oxygen atoms in total. The van der Waals surface area contributed by atoms with Gasteiger partial charge in [-0.05, 0) is 55.5 Å². The highest BCUT2D eigenvalue weighted by atomic mass is 35.5. The molecule has 0 aliphatic carbocycles. The van der Waals surface area contributed by atoms with Gasteiger partial charge in [0.05, 0.1) is 10.4 Å². The fourth-order valence-electron chi connectivity index (χ4n) is 3.35. The number of carbonyl (C=O) groups is 1. The first kappa shape index (κ1) is 22.3. The number of anilines is 1. The number of aryl methyl sites for hydroxylation is 1. The van der Waals surface area contributed by atoms with Crippen molar-refractivity contribution in [1.82, 2.24) is 3.97 Å². The minimum Gasteiger partial charge on any atom is -0.321 e. The van der Waals surface area contributed by atoms with Crippen LogP contribution in [-0.4, -0.2) is 18.3 Å². The molecule has 0 saturated carbocycles. The number of carbonyl (C=O) groups excluding carboxylic acids is 1. The predicted molar refractivity (Wildman–Crippen MR) is 129 cm³/mol. The van der Waals surface area contributed by atoms with Gasteiger partial charge in [0, 0.05) is 27.9 Å². The zero-order chi connectivity index (χ0) is 23.6. The average Bonchev–Trinajstić information content (AvgIpc) is 3.18. The first-order valence-electron chi connectivity index (χ1n) is 9.90. The summed E-state index contributed by atoms with van der Waals surface area (Å²) in [5.41, 5.74) is 2.14. The maximum absolute atomic E-state index is 13.3. The Kier molecular flexibility index (Phi) is 6.05. The second-order valence-electron chi connectivity index (χ2n) is 7.35. The first-order valence-corrected chi connectivity index (χ1v) is 11.7. The van der Waals surface area contributed by atoms with Crippen molar-refractivity contribution in [3.8, 4) is 6.07 Å². The number of benzene rings is 3. The number of hydrogen-bond donors (Lipinski definition) is 1. The van der Waals surface area contributed by atoms with Crippen molar-refractivity contribution in [3.63, 3.8) is 0 Å². The standard InChI is InChI=1S/C25H18ClN3O3S/c1-17-6-12-22(13-7-17)33(31,32)29-16-19(23-4-2-3-5-24(23)29)14-18(15-27)25(30)28-21-10-8-20(26)9-11-21/h2-14,16H,1H3,(H,28,30)/b18-14+. The van der Waals surface area contributed by atoms with Crippen LogP contribution in [0.1, 0.15) is 11.1 Å². The average molecular weight is 476 g/mol. The summed E-state index contributed by atoms with van der Waals surface area (Å²) in [6.07, 6.45) is 2.81. The van der Waals surface area contributed by atoms with Gasteiger partial charge in [-0.2, -0.15) is 5.26 Å². The number of para-hydroxylation sites is 1. The lowest BCUT2D eigenvalue weighted by atomic mass is 10.1. The van der Waals surface area contributed by atoms with E-state index in [9.17, 15) is 18.5 Å². The van der Waals surface area contributed by atoms with E-state index in [-0.39, 0.29) is 10.5 Å². The molecule has 0 fully saturated rings. The fourth-order valence-corrected chi connectivity index (χ4v) is 4.85. The molecule has 0 aliphatic heterocycles. The molecule has 1 amide bonds. The topological polar surface area (TPSA) is 92.0 Å². The quantitative estimate of drug-likeness (QED) is 0.309. The van der Waals surface area contributed by atoms with Crippen molar-refractivity contribution in [2.75, 3.05) is 5.32 Å². The summed E-state index contributed by atoms with van der Waals surface area (Å²) in [6.45, 7) is 1.88. The molecule has 33 heavy (non-hydrogen) atoms. The highest BCUT2D eigenvalue weighted by Crippen LogP contribution is 2.28. The van der Waals surface area contributed by atoms with Crippen molar-refractivity contribution < 1.29 is 13.2 Å². The van der Waals surface area contributed by atoms with E-state index in [4.69, 9.17) is 11.6 Å². The van der Waals surface area contributed by atoms with Crippen molar-refractivity contribution in [2.24, 2.45) is 0 Å². The van der Waals surface area contributed by atoms with E-state index in [0.29, 0.717) is 27.2 Å². The van der Waals surface area contributed by atoms with Crippen LogP contribution in [0.2, 0.25) is 5.02 Å². The van der Waals surface area contributed by atoms with Crippen LogP contribution in [-0.2, 0) is 14.8 Å². The van der Waals surface area contributed by atoms with Crippen LogP contribution in [0.3, 0.4) is 0 Å². The Balaban J connectivity index is 1.77. The van der Waals surface area contributed by atoms with Gasteiger partial charge in [0.15, 0.2) is 0 Å². The van der Waals surface area contributed by atoms with Crippen molar-refractivity contribution in [3.05, 3.63) is 101 Å². The highest BCUT2D eigenvalue weighted by molar-refractivity contribution is 7.90. The molecule has 4 aromatic rings. The second kappa shape index (κ2) is 8.94. The molecule has 0 saturated heterocycles.